The molecule has 0 radical (unpaired) electrons. The number of carbonyl (C=O) groups excluding carboxylic acids is 1. The van der Waals surface area contributed by atoms with Crippen LogP contribution in [-0.4, -0.2) is 54.9 Å². The first kappa shape index (κ1) is 14.8. The van der Waals surface area contributed by atoms with Gasteiger partial charge < -0.3 is 20.1 Å². The average Bonchev–Trinajstić information content (AvgIpc) is 2.80. The summed E-state index contributed by atoms with van der Waals surface area (Å²) in [6, 6.07) is -0.203. The zero-order valence-electron chi connectivity index (χ0n) is 11.1. The number of carboxylic acids is 1. The molecule has 1 rings (SSSR count). The maximum atomic E-state index is 11.8. The van der Waals surface area contributed by atoms with Crippen LogP contribution in [0.25, 0.3) is 0 Å². The fourth-order valence-electron chi connectivity index (χ4n) is 2.15. The molecule has 2 amide bonds. The molecule has 0 aromatic rings. The highest BCUT2D eigenvalue weighted by atomic mass is 16.5. The Bertz CT molecular complexity index is 308. The normalized spacial score (nSPS) is 23.1. The van der Waals surface area contributed by atoms with Gasteiger partial charge in [0.1, 0.15) is 0 Å². The van der Waals surface area contributed by atoms with Crippen molar-refractivity contribution in [3.63, 3.8) is 0 Å². The standard InChI is InChI=1S/C12H22N2O4/c1-3-12(10(15)16)5-7-14(9-12)11(17)13-6-8-18-4-2/h3-9H2,1-2H3,(H,13,17)(H,15,16). The quantitative estimate of drug-likeness (QED) is 0.694. The highest BCUT2D eigenvalue weighted by Crippen LogP contribution is 2.34. The van der Waals surface area contributed by atoms with Crippen molar-refractivity contribution in [3.05, 3.63) is 0 Å². The van der Waals surface area contributed by atoms with Crippen LogP contribution in [0.2, 0.25) is 0 Å². The summed E-state index contributed by atoms with van der Waals surface area (Å²) in [6.07, 6.45) is 1.07. The number of aliphatic carboxylic acids is 1. The third-order valence-corrected chi connectivity index (χ3v) is 3.50. The highest BCUT2D eigenvalue weighted by molar-refractivity contribution is 5.79. The van der Waals surface area contributed by atoms with Gasteiger partial charge in [0.25, 0.3) is 0 Å². The number of nitrogens with zero attached hydrogens (tertiary/aromatic N) is 1. The molecule has 2 N–H and O–H groups in total. The Balaban J connectivity index is 2.41. The molecule has 104 valence electrons. The van der Waals surface area contributed by atoms with Crippen molar-refractivity contribution in [3.8, 4) is 0 Å². The minimum atomic E-state index is -0.811. The van der Waals surface area contributed by atoms with Gasteiger partial charge in [-0.25, -0.2) is 4.79 Å². The number of carboxylic acid groups (broad SMARTS) is 1. The lowest BCUT2D eigenvalue weighted by Gasteiger charge is -2.23. The van der Waals surface area contributed by atoms with Gasteiger partial charge >= 0.3 is 12.0 Å². The van der Waals surface area contributed by atoms with Gasteiger partial charge in [-0.05, 0) is 19.8 Å². The SMILES string of the molecule is CCOCCNC(=O)N1CCC(CC)(C(=O)O)C1. The Morgan fingerprint density at radius 1 is 1.44 bits per heavy atom. The van der Waals surface area contributed by atoms with Crippen molar-refractivity contribution >= 4 is 12.0 Å². The number of rotatable bonds is 6. The molecule has 1 aliphatic heterocycles. The summed E-state index contributed by atoms with van der Waals surface area (Å²) in [5.41, 5.74) is -0.767. The van der Waals surface area contributed by atoms with Crippen LogP contribution in [0.15, 0.2) is 0 Å². The molecule has 6 heteroatoms. The molecule has 0 aliphatic carbocycles. The number of likely N-dealkylation sites (tertiary alicyclic amines) is 1. The molecule has 1 unspecified atom stereocenters. The summed E-state index contributed by atoms with van der Waals surface area (Å²) >= 11 is 0. The Labute approximate surface area is 107 Å². The Morgan fingerprint density at radius 3 is 2.67 bits per heavy atom. The molecule has 0 bridgehead atoms. The smallest absolute Gasteiger partial charge is 0.317 e. The molecule has 0 saturated carbocycles. The Morgan fingerprint density at radius 2 is 2.17 bits per heavy atom. The van der Waals surface area contributed by atoms with Crippen LogP contribution in [0.5, 0.6) is 0 Å². The number of nitrogens with one attached hydrogen (secondary N) is 1. The molecule has 1 saturated heterocycles. The zero-order chi connectivity index (χ0) is 13.6. The van der Waals surface area contributed by atoms with Gasteiger partial charge in [0.05, 0.1) is 12.0 Å². The van der Waals surface area contributed by atoms with Crippen molar-refractivity contribution < 1.29 is 19.4 Å². The van der Waals surface area contributed by atoms with Gasteiger partial charge in [-0.1, -0.05) is 6.92 Å². The summed E-state index contributed by atoms with van der Waals surface area (Å²) in [7, 11) is 0. The molecule has 0 spiro atoms. The lowest BCUT2D eigenvalue weighted by Crippen LogP contribution is -2.42. The van der Waals surface area contributed by atoms with Gasteiger partial charge in [0.15, 0.2) is 0 Å². The van der Waals surface area contributed by atoms with Gasteiger partial charge in [-0.2, -0.15) is 0 Å². The molecule has 6 nitrogen and oxygen atoms in total. The number of ether oxygens (including phenoxy) is 1. The van der Waals surface area contributed by atoms with Crippen molar-refractivity contribution in [1.82, 2.24) is 10.2 Å². The first-order chi connectivity index (χ1) is 8.55. The topological polar surface area (TPSA) is 78.9 Å². The molecule has 1 fully saturated rings. The fraction of sp³-hybridized carbons (Fsp3) is 0.833. The highest BCUT2D eigenvalue weighted by Gasteiger charge is 2.44. The van der Waals surface area contributed by atoms with E-state index in [2.05, 4.69) is 5.32 Å². The molecule has 0 aromatic heterocycles. The summed E-state index contributed by atoms with van der Waals surface area (Å²) in [4.78, 5) is 24.6. The van der Waals surface area contributed by atoms with Crippen molar-refractivity contribution in [2.45, 2.75) is 26.7 Å². The van der Waals surface area contributed by atoms with Gasteiger partial charge in [-0.3, -0.25) is 4.79 Å². The minimum absolute atomic E-state index is 0.203. The third kappa shape index (κ3) is 3.35. The molecule has 0 aromatic carbocycles. The number of hydrogen-bond donors (Lipinski definition) is 2. The lowest BCUT2D eigenvalue weighted by atomic mass is 9.84. The number of hydrogen-bond acceptors (Lipinski definition) is 3. The van der Waals surface area contributed by atoms with Crippen LogP contribution < -0.4 is 5.32 Å². The summed E-state index contributed by atoms with van der Waals surface area (Å²) < 4.78 is 5.12. The van der Waals surface area contributed by atoms with Crippen LogP contribution in [-0.2, 0) is 9.53 Å². The maximum absolute atomic E-state index is 11.8. The number of amides is 2. The van der Waals surface area contributed by atoms with E-state index < -0.39 is 11.4 Å². The van der Waals surface area contributed by atoms with E-state index >= 15 is 0 Å². The summed E-state index contributed by atoms with van der Waals surface area (Å²) in [5.74, 6) is -0.811. The molecular formula is C12H22N2O4. The van der Waals surface area contributed by atoms with Crippen molar-refractivity contribution in [1.29, 1.82) is 0 Å². The first-order valence-corrected chi connectivity index (χ1v) is 6.39. The minimum Gasteiger partial charge on any atom is -0.481 e. The zero-order valence-corrected chi connectivity index (χ0v) is 11.1. The van der Waals surface area contributed by atoms with Gasteiger partial charge in [0, 0.05) is 26.2 Å². The van der Waals surface area contributed by atoms with Crippen molar-refractivity contribution in [2.75, 3.05) is 32.8 Å². The molecule has 1 aliphatic rings. The van der Waals surface area contributed by atoms with Crippen LogP contribution in [0.4, 0.5) is 4.79 Å². The van der Waals surface area contributed by atoms with Crippen LogP contribution in [0.3, 0.4) is 0 Å². The maximum Gasteiger partial charge on any atom is 0.317 e. The van der Waals surface area contributed by atoms with E-state index in [1.165, 1.54) is 0 Å². The van der Waals surface area contributed by atoms with E-state index in [-0.39, 0.29) is 6.03 Å². The van der Waals surface area contributed by atoms with E-state index in [9.17, 15) is 14.7 Å². The van der Waals surface area contributed by atoms with Gasteiger partial charge in [0.2, 0.25) is 0 Å². The fourth-order valence-corrected chi connectivity index (χ4v) is 2.15. The molecule has 18 heavy (non-hydrogen) atoms. The van der Waals surface area contributed by atoms with E-state index in [1.54, 1.807) is 4.90 Å². The Hall–Kier alpha value is -1.30. The second-order valence-corrected chi connectivity index (χ2v) is 4.54. The molecule has 1 heterocycles. The largest absolute Gasteiger partial charge is 0.481 e. The Kier molecular flexibility index (Phi) is 5.40. The third-order valence-electron chi connectivity index (χ3n) is 3.50. The second kappa shape index (κ2) is 6.58. The first-order valence-electron chi connectivity index (χ1n) is 6.39. The molecule has 1 atom stereocenters. The number of carbonyl (C=O) groups is 2. The van der Waals surface area contributed by atoms with Crippen LogP contribution >= 0.6 is 0 Å². The van der Waals surface area contributed by atoms with E-state index in [0.717, 1.165) is 0 Å². The van der Waals surface area contributed by atoms with Gasteiger partial charge in [-0.15, -0.1) is 0 Å². The predicted octanol–water partition coefficient (Wildman–Crippen LogP) is 0.919. The summed E-state index contributed by atoms with van der Waals surface area (Å²) in [6.45, 7) is 6.09. The van der Waals surface area contributed by atoms with Crippen LogP contribution in [0, 0.1) is 5.41 Å². The number of urea groups is 1. The molecular weight excluding hydrogens is 236 g/mol. The van der Waals surface area contributed by atoms with E-state index in [0.29, 0.717) is 45.7 Å². The van der Waals surface area contributed by atoms with E-state index in [1.807, 2.05) is 13.8 Å². The summed E-state index contributed by atoms with van der Waals surface area (Å²) in [5, 5.41) is 12.0. The van der Waals surface area contributed by atoms with Crippen molar-refractivity contribution in [2.24, 2.45) is 5.41 Å². The predicted molar refractivity (Wildman–Crippen MR) is 66.4 cm³/mol. The second-order valence-electron chi connectivity index (χ2n) is 4.54. The van der Waals surface area contributed by atoms with Crippen LogP contribution in [0.1, 0.15) is 26.7 Å². The van der Waals surface area contributed by atoms with E-state index in [4.69, 9.17) is 4.74 Å². The lowest BCUT2D eigenvalue weighted by molar-refractivity contribution is -0.148. The average molecular weight is 258 g/mol. The monoisotopic (exact) mass is 258 g/mol.